The molecular weight excluding hydrogens is 268 g/mol. The van der Waals surface area contributed by atoms with Crippen LogP contribution in [0.3, 0.4) is 0 Å². The molecule has 4 heteroatoms. The Morgan fingerprint density at radius 1 is 0.905 bits per heavy atom. The van der Waals surface area contributed by atoms with Crippen molar-refractivity contribution in [2.45, 2.75) is 72.1 Å². The van der Waals surface area contributed by atoms with Crippen molar-refractivity contribution in [3.63, 3.8) is 0 Å². The summed E-state index contributed by atoms with van der Waals surface area (Å²) in [4.78, 5) is 18.8. The fourth-order valence-corrected chi connectivity index (χ4v) is 1.21. The van der Waals surface area contributed by atoms with Crippen molar-refractivity contribution in [3.8, 4) is 0 Å². The van der Waals surface area contributed by atoms with Gasteiger partial charge in [0, 0.05) is 11.6 Å². The zero-order valence-electron chi connectivity index (χ0n) is 13.9. The molecule has 0 radical (unpaired) electrons. The molecule has 0 aromatic rings. The highest BCUT2D eigenvalue weighted by molar-refractivity contribution is 5.84. The lowest BCUT2D eigenvalue weighted by Crippen LogP contribution is -1.92. The fraction of sp³-hybridized carbons (Fsp3) is 0.647. The van der Waals surface area contributed by atoms with Crippen molar-refractivity contribution in [3.05, 3.63) is 24.8 Å². The Labute approximate surface area is 129 Å². The molecule has 0 spiro atoms. The van der Waals surface area contributed by atoms with E-state index in [1.54, 1.807) is 0 Å². The van der Waals surface area contributed by atoms with Gasteiger partial charge in [0.2, 0.25) is 0 Å². The van der Waals surface area contributed by atoms with E-state index in [1.807, 2.05) is 0 Å². The minimum absolute atomic E-state index is 0.176. The second kappa shape index (κ2) is 20.7. The van der Waals surface area contributed by atoms with Gasteiger partial charge in [0.25, 0.3) is 0 Å². The summed E-state index contributed by atoms with van der Waals surface area (Å²) >= 11 is 0. The van der Waals surface area contributed by atoms with E-state index in [2.05, 4.69) is 27.0 Å². The maximum atomic E-state index is 9.60. The normalized spacial score (nSPS) is 8.52. The molecule has 0 aliphatic carbocycles. The SMILES string of the molecule is C=C(C)C(=O)O.C=CC(=O)O.CCCCCCCCCC. The van der Waals surface area contributed by atoms with Crippen molar-refractivity contribution in [2.75, 3.05) is 0 Å². The van der Waals surface area contributed by atoms with Crippen LogP contribution in [-0.2, 0) is 9.59 Å². The average molecular weight is 300 g/mol. The standard InChI is InChI=1S/C10H22.C4H6O2.C3H4O2/c1-3-5-7-9-10-8-6-4-2;1-3(2)4(5)6;1-2-3(4)5/h3-10H2,1-2H3;1H2,2H3,(H,5,6);2H,1H2,(H,4,5). The maximum absolute atomic E-state index is 9.60. The van der Waals surface area contributed by atoms with Gasteiger partial charge in [-0.15, -0.1) is 0 Å². The molecule has 0 fully saturated rings. The lowest BCUT2D eigenvalue weighted by atomic mass is 10.1. The van der Waals surface area contributed by atoms with Gasteiger partial charge in [-0.2, -0.15) is 0 Å². The predicted octanol–water partition coefficient (Wildman–Crippen LogP) is 5.05. The summed E-state index contributed by atoms with van der Waals surface area (Å²) in [6.07, 6.45) is 12.3. The summed E-state index contributed by atoms with van der Waals surface area (Å²) in [5.41, 5.74) is 0.176. The number of rotatable bonds is 9. The van der Waals surface area contributed by atoms with Gasteiger partial charge in [-0.05, 0) is 6.92 Å². The van der Waals surface area contributed by atoms with Crippen LogP contribution in [0.15, 0.2) is 24.8 Å². The highest BCUT2D eigenvalue weighted by atomic mass is 16.4. The molecule has 0 atom stereocenters. The summed E-state index contributed by atoms with van der Waals surface area (Å²) in [6.45, 7) is 12.1. The number of hydrogen-bond acceptors (Lipinski definition) is 2. The van der Waals surface area contributed by atoms with Gasteiger partial charge in [-0.1, -0.05) is 78.4 Å². The molecule has 2 N–H and O–H groups in total. The third kappa shape index (κ3) is 38.1. The van der Waals surface area contributed by atoms with Crippen LogP contribution in [0.4, 0.5) is 0 Å². The summed E-state index contributed by atoms with van der Waals surface area (Å²) in [5, 5.41) is 15.5. The third-order valence-electron chi connectivity index (χ3n) is 2.50. The molecule has 124 valence electrons. The van der Waals surface area contributed by atoms with E-state index in [-0.39, 0.29) is 5.57 Å². The van der Waals surface area contributed by atoms with E-state index < -0.39 is 11.9 Å². The molecule has 0 aliphatic heterocycles. The maximum Gasteiger partial charge on any atom is 0.330 e. The molecule has 4 nitrogen and oxygen atoms in total. The number of aliphatic carboxylic acids is 2. The van der Waals surface area contributed by atoms with Crippen LogP contribution in [0.2, 0.25) is 0 Å². The number of hydrogen-bond donors (Lipinski definition) is 2. The lowest BCUT2D eigenvalue weighted by molar-refractivity contribution is -0.133. The van der Waals surface area contributed by atoms with E-state index in [9.17, 15) is 9.59 Å². The van der Waals surface area contributed by atoms with E-state index in [0.717, 1.165) is 6.08 Å². The Morgan fingerprint density at radius 3 is 1.29 bits per heavy atom. The van der Waals surface area contributed by atoms with Crippen LogP contribution in [0.5, 0.6) is 0 Å². The third-order valence-corrected chi connectivity index (χ3v) is 2.50. The Hall–Kier alpha value is -1.58. The Balaban J connectivity index is -0.000000252. The molecule has 0 aromatic heterocycles. The number of carbonyl (C=O) groups is 2. The number of carboxylic acids is 2. The summed E-state index contributed by atoms with van der Waals surface area (Å²) in [6, 6.07) is 0. The smallest absolute Gasteiger partial charge is 0.330 e. The van der Waals surface area contributed by atoms with Crippen LogP contribution in [0.25, 0.3) is 0 Å². The van der Waals surface area contributed by atoms with Crippen LogP contribution in [-0.4, -0.2) is 22.2 Å². The molecule has 0 rings (SSSR count). The first-order valence-corrected chi connectivity index (χ1v) is 7.57. The molecule has 0 bridgehead atoms. The summed E-state index contributed by atoms with van der Waals surface area (Å²) < 4.78 is 0. The monoisotopic (exact) mass is 300 g/mol. The number of unbranched alkanes of at least 4 members (excludes halogenated alkanes) is 7. The molecule has 0 unspecified atom stereocenters. The van der Waals surface area contributed by atoms with Gasteiger partial charge in [-0.3, -0.25) is 0 Å². The van der Waals surface area contributed by atoms with Crippen molar-refractivity contribution in [2.24, 2.45) is 0 Å². The van der Waals surface area contributed by atoms with Crippen molar-refractivity contribution >= 4 is 11.9 Å². The second-order valence-corrected chi connectivity index (χ2v) is 4.75. The molecule has 0 aliphatic rings. The van der Waals surface area contributed by atoms with E-state index in [1.165, 1.54) is 58.3 Å². The first kappa shape index (κ1) is 24.4. The fourth-order valence-electron chi connectivity index (χ4n) is 1.21. The lowest BCUT2D eigenvalue weighted by Gasteiger charge is -1.97. The summed E-state index contributed by atoms with van der Waals surface area (Å²) in [7, 11) is 0. The number of carboxylic acid groups (broad SMARTS) is 2. The Morgan fingerprint density at radius 2 is 1.14 bits per heavy atom. The zero-order valence-corrected chi connectivity index (χ0v) is 13.9. The van der Waals surface area contributed by atoms with Crippen LogP contribution >= 0.6 is 0 Å². The molecule has 0 amide bonds. The van der Waals surface area contributed by atoms with Gasteiger partial charge in [0.15, 0.2) is 0 Å². The first-order valence-electron chi connectivity index (χ1n) is 7.57. The highest BCUT2D eigenvalue weighted by Gasteiger charge is 1.90. The predicted molar refractivity (Wildman–Crippen MR) is 88.6 cm³/mol. The largest absolute Gasteiger partial charge is 0.478 e. The van der Waals surface area contributed by atoms with Gasteiger partial charge in [-0.25, -0.2) is 9.59 Å². The Kier molecular flexibility index (Phi) is 24.1. The molecule has 0 saturated heterocycles. The van der Waals surface area contributed by atoms with Gasteiger partial charge < -0.3 is 10.2 Å². The zero-order chi connectivity index (χ0) is 17.1. The van der Waals surface area contributed by atoms with Crippen molar-refractivity contribution in [1.29, 1.82) is 0 Å². The van der Waals surface area contributed by atoms with Gasteiger partial charge in [0.05, 0.1) is 0 Å². The quantitative estimate of drug-likeness (QED) is 0.461. The van der Waals surface area contributed by atoms with Gasteiger partial charge in [0.1, 0.15) is 0 Å². The van der Waals surface area contributed by atoms with E-state index in [0.29, 0.717) is 0 Å². The first-order chi connectivity index (χ1) is 9.83. The van der Waals surface area contributed by atoms with E-state index >= 15 is 0 Å². The Bertz CT molecular complexity index is 263. The van der Waals surface area contributed by atoms with Gasteiger partial charge >= 0.3 is 11.9 Å². The van der Waals surface area contributed by atoms with Crippen molar-refractivity contribution in [1.82, 2.24) is 0 Å². The molecule has 0 saturated carbocycles. The summed E-state index contributed by atoms with van der Waals surface area (Å²) in [5.74, 6) is -1.92. The van der Waals surface area contributed by atoms with Crippen LogP contribution < -0.4 is 0 Å². The highest BCUT2D eigenvalue weighted by Crippen LogP contribution is 2.07. The molecule has 21 heavy (non-hydrogen) atoms. The minimum Gasteiger partial charge on any atom is -0.478 e. The van der Waals surface area contributed by atoms with E-state index in [4.69, 9.17) is 10.2 Å². The topological polar surface area (TPSA) is 74.6 Å². The average Bonchev–Trinajstić information content (AvgIpc) is 2.44. The molecular formula is C17H32O4. The minimum atomic E-state index is -0.981. The van der Waals surface area contributed by atoms with Crippen LogP contribution in [0.1, 0.15) is 72.1 Å². The van der Waals surface area contributed by atoms with Crippen LogP contribution in [0, 0.1) is 0 Å². The van der Waals surface area contributed by atoms with Crippen molar-refractivity contribution < 1.29 is 19.8 Å². The second-order valence-electron chi connectivity index (χ2n) is 4.75. The molecule has 0 heterocycles. The molecule has 0 aromatic carbocycles.